The second-order valence-corrected chi connectivity index (χ2v) is 3.74. The van der Waals surface area contributed by atoms with Gasteiger partial charge in [-0.15, -0.1) is 0 Å². The van der Waals surface area contributed by atoms with Crippen LogP contribution in [0, 0.1) is 5.92 Å². The van der Waals surface area contributed by atoms with Crippen molar-refractivity contribution in [1.82, 2.24) is 0 Å². The molecule has 0 rings (SSSR count). The zero-order chi connectivity index (χ0) is 12.6. The molecule has 5 heteroatoms. The predicted molar refractivity (Wildman–Crippen MR) is 57.9 cm³/mol. The van der Waals surface area contributed by atoms with Crippen molar-refractivity contribution in [1.29, 1.82) is 0 Å². The number of hydrogen-bond donors (Lipinski definition) is 2. The highest BCUT2D eigenvalue weighted by atomic mass is 16.5. The Balaban J connectivity index is 3.75. The second-order valence-electron chi connectivity index (χ2n) is 3.74. The van der Waals surface area contributed by atoms with Gasteiger partial charge in [0.25, 0.3) is 0 Å². The van der Waals surface area contributed by atoms with Gasteiger partial charge in [0.2, 0.25) is 0 Å². The molecule has 94 valence electrons. The van der Waals surface area contributed by atoms with E-state index in [9.17, 15) is 14.7 Å². The lowest BCUT2D eigenvalue weighted by Crippen LogP contribution is -2.27. The minimum Gasteiger partial charge on any atom is -0.481 e. The number of aliphatic hydroxyl groups is 1. The number of aliphatic carboxylic acids is 1. The number of carbonyl (C=O) groups is 2. The third-order valence-electron chi connectivity index (χ3n) is 2.58. The Morgan fingerprint density at radius 1 is 1.31 bits per heavy atom. The molecule has 0 saturated heterocycles. The molecule has 0 aliphatic rings. The third-order valence-corrected chi connectivity index (χ3v) is 2.58. The largest absolute Gasteiger partial charge is 0.481 e. The van der Waals surface area contributed by atoms with Crippen LogP contribution >= 0.6 is 0 Å². The fourth-order valence-corrected chi connectivity index (χ4v) is 1.54. The van der Waals surface area contributed by atoms with Crippen LogP contribution in [0.3, 0.4) is 0 Å². The molecule has 0 amide bonds. The van der Waals surface area contributed by atoms with Crippen LogP contribution < -0.4 is 0 Å². The van der Waals surface area contributed by atoms with Crippen molar-refractivity contribution < 1.29 is 24.5 Å². The van der Waals surface area contributed by atoms with Gasteiger partial charge in [0.05, 0.1) is 19.1 Å². The van der Waals surface area contributed by atoms with Gasteiger partial charge in [0, 0.05) is 6.42 Å². The SMILES string of the molecule is CCC(C(=O)O)[C@@H](O)CCCCC(=O)OC. The van der Waals surface area contributed by atoms with Crippen molar-refractivity contribution in [2.24, 2.45) is 5.92 Å². The molecule has 2 N–H and O–H groups in total. The first-order chi connectivity index (χ1) is 7.52. The molecular weight excluding hydrogens is 212 g/mol. The van der Waals surface area contributed by atoms with Crippen molar-refractivity contribution in [3.05, 3.63) is 0 Å². The van der Waals surface area contributed by atoms with E-state index in [1.54, 1.807) is 6.92 Å². The van der Waals surface area contributed by atoms with E-state index in [-0.39, 0.29) is 5.97 Å². The Bertz CT molecular complexity index is 226. The minimum absolute atomic E-state index is 0.278. The molecule has 0 aliphatic carbocycles. The Labute approximate surface area is 95.4 Å². The summed E-state index contributed by atoms with van der Waals surface area (Å²) in [5, 5.41) is 18.4. The molecule has 0 aromatic rings. The van der Waals surface area contributed by atoms with Crippen LogP contribution in [0.25, 0.3) is 0 Å². The number of ether oxygens (including phenoxy) is 1. The van der Waals surface area contributed by atoms with E-state index in [0.717, 1.165) is 0 Å². The fraction of sp³-hybridized carbons (Fsp3) is 0.818. The van der Waals surface area contributed by atoms with Gasteiger partial charge in [-0.3, -0.25) is 9.59 Å². The number of hydrogen-bond acceptors (Lipinski definition) is 4. The van der Waals surface area contributed by atoms with Crippen LogP contribution in [0.5, 0.6) is 0 Å². The summed E-state index contributed by atoms with van der Waals surface area (Å²) in [5.74, 6) is -1.96. The molecule has 0 spiro atoms. The number of unbranched alkanes of at least 4 members (excludes halogenated alkanes) is 1. The van der Waals surface area contributed by atoms with Gasteiger partial charge in [-0.25, -0.2) is 0 Å². The monoisotopic (exact) mass is 232 g/mol. The van der Waals surface area contributed by atoms with Crippen molar-refractivity contribution in [2.75, 3.05) is 7.11 Å². The summed E-state index contributed by atoms with van der Waals surface area (Å²) in [5.41, 5.74) is 0. The van der Waals surface area contributed by atoms with Crippen molar-refractivity contribution in [3.63, 3.8) is 0 Å². The number of methoxy groups -OCH3 is 1. The summed E-state index contributed by atoms with van der Waals surface area (Å²) in [4.78, 5) is 21.5. The van der Waals surface area contributed by atoms with Crippen LogP contribution in [0.4, 0.5) is 0 Å². The lowest BCUT2D eigenvalue weighted by Gasteiger charge is -2.16. The van der Waals surface area contributed by atoms with Crippen LogP contribution in [0.1, 0.15) is 39.0 Å². The van der Waals surface area contributed by atoms with E-state index in [4.69, 9.17) is 5.11 Å². The smallest absolute Gasteiger partial charge is 0.309 e. The normalized spacial score (nSPS) is 14.2. The number of carboxylic acid groups (broad SMARTS) is 1. The van der Waals surface area contributed by atoms with Crippen molar-refractivity contribution >= 4 is 11.9 Å². The van der Waals surface area contributed by atoms with Crippen LogP contribution in [0.2, 0.25) is 0 Å². The topological polar surface area (TPSA) is 83.8 Å². The van der Waals surface area contributed by atoms with E-state index in [1.165, 1.54) is 7.11 Å². The number of rotatable bonds is 8. The zero-order valence-electron chi connectivity index (χ0n) is 9.81. The first-order valence-corrected chi connectivity index (χ1v) is 5.50. The highest BCUT2D eigenvalue weighted by Gasteiger charge is 2.23. The molecule has 0 bridgehead atoms. The summed E-state index contributed by atoms with van der Waals surface area (Å²) in [7, 11) is 1.33. The Morgan fingerprint density at radius 3 is 2.38 bits per heavy atom. The maximum atomic E-state index is 10.8. The average molecular weight is 232 g/mol. The molecule has 1 unspecified atom stereocenters. The Morgan fingerprint density at radius 2 is 1.94 bits per heavy atom. The first kappa shape index (κ1) is 14.9. The molecule has 0 saturated carbocycles. The number of carbonyl (C=O) groups excluding carboxylic acids is 1. The Hall–Kier alpha value is -1.10. The zero-order valence-corrected chi connectivity index (χ0v) is 9.81. The predicted octanol–water partition coefficient (Wildman–Crippen LogP) is 1.19. The number of carboxylic acids is 1. The first-order valence-electron chi connectivity index (χ1n) is 5.50. The quantitative estimate of drug-likeness (QED) is 0.485. The molecule has 0 heterocycles. The van der Waals surface area contributed by atoms with Crippen LogP contribution in [-0.2, 0) is 14.3 Å². The standard InChI is InChI=1S/C11H20O5/c1-3-8(11(14)15)9(12)6-4-5-7-10(13)16-2/h8-9,12H,3-7H2,1-2H3,(H,14,15)/t8?,9-/m0/s1. The molecule has 0 fully saturated rings. The van der Waals surface area contributed by atoms with E-state index < -0.39 is 18.0 Å². The van der Waals surface area contributed by atoms with E-state index in [2.05, 4.69) is 4.74 Å². The van der Waals surface area contributed by atoms with Gasteiger partial charge in [-0.1, -0.05) is 13.3 Å². The van der Waals surface area contributed by atoms with Gasteiger partial charge in [0.15, 0.2) is 0 Å². The highest BCUT2D eigenvalue weighted by Crippen LogP contribution is 2.15. The van der Waals surface area contributed by atoms with Crippen molar-refractivity contribution in [2.45, 2.75) is 45.1 Å². The lowest BCUT2D eigenvalue weighted by atomic mass is 9.95. The van der Waals surface area contributed by atoms with Gasteiger partial charge >= 0.3 is 11.9 Å². The molecule has 0 aromatic heterocycles. The van der Waals surface area contributed by atoms with Gasteiger partial charge in [-0.05, 0) is 19.3 Å². The molecular formula is C11H20O5. The van der Waals surface area contributed by atoms with Crippen LogP contribution in [-0.4, -0.2) is 35.4 Å². The minimum atomic E-state index is -0.969. The van der Waals surface area contributed by atoms with E-state index in [1.807, 2.05) is 0 Å². The van der Waals surface area contributed by atoms with Crippen molar-refractivity contribution in [3.8, 4) is 0 Å². The maximum Gasteiger partial charge on any atom is 0.309 e. The lowest BCUT2D eigenvalue weighted by molar-refractivity contribution is -0.146. The average Bonchev–Trinajstić information content (AvgIpc) is 2.24. The molecule has 16 heavy (non-hydrogen) atoms. The van der Waals surface area contributed by atoms with Gasteiger partial charge in [-0.2, -0.15) is 0 Å². The molecule has 0 aliphatic heterocycles. The Kier molecular flexibility index (Phi) is 7.54. The van der Waals surface area contributed by atoms with E-state index >= 15 is 0 Å². The van der Waals surface area contributed by atoms with Gasteiger partial charge < -0.3 is 14.9 Å². The van der Waals surface area contributed by atoms with E-state index in [0.29, 0.717) is 32.1 Å². The molecule has 5 nitrogen and oxygen atoms in total. The molecule has 2 atom stereocenters. The number of esters is 1. The molecule has 0 radical (unpaired) electrons. The highest BCUT2D eigenvalue weighted by molar-refractivity contribution is 5.70. The fourth-order valence-electron chi connectivity index (χ4n) is 1.54. The summed E-state index contributed by atoms with van der Waals surface area (Å²) in [6.45, 7) is 1.73. The summed E-state index contributed by atoms with van der Waals surface area (Å²) in [6.07, 6.45) is 1.53. The molecule has 0 aromatic carbocycles. The number of aliphatic hydroxyl groups excluding tert-OH is 1. The second kappa shape index (κ2) is 8.10. The third kappa shape index (κ3) is 5.70. The summed E-state index contributed by atoms with van der Waals surface area (Å²) < 4.78 is 4.47. The summed E-state index contributed by atoms with van der Waals surface area (Å²) in [6, 6.07) is 0. The van der Waals surface area contributed by atoms with Crippen LogP contribution in [0.15, 0.2) is 0 Å². The maximum absolute atomic E-state index is 10.8. The van der Waals surface area contributed by atoms with Gasteiger partial charge in [0.1, 0.15) is 0 Å². The summed E-state index contributed by atoms with van der Waals surface area (Å²) >= 11 is 0.